The molecule has 1 unspecified atom stereocenters. The predicted molar refractivity (Wildman–Crippen MR) is 61.1 cm³/mol. The predicted octanol–water partition coefficient (Wildman–Crippen LogP) is 2.59. The van der Waals surface area contributed by atoms with E-state index < -0.39 is 0 Å². The van der Waals surface area contributed by atoms with E-state index in [0.29, 0.717) is 5.15 Å². The van der Waals surface area contributed by atoms with Gasteiger partial charge in [0.1, 0.15) is 0 Å². The molecule has 0 bridgehead atoms. The molecule has 1 aliphatic rings. The number of hydrogen-bond acceptors (Lipinski definition) is 3. The summed E-state index contributed by atoms with van der Waals surface area (Å²) in [4.78, 5) is 4.34. The molecule has 0 saturated carbocycles. The maximum Gasteiger partial charge on any atom is 0.177 e. The molecule has 0 aromatic carbocycles. The van der Waals surface area contributed by atoms with Gasteiger partial charge in [-0.1, -0.05) is 11.6 Å². The van der Waals surface area contributed by atoms with Gasteiger partial charge in [-0.3, -0.25) is 0 Å². The second-order valence-corrected chi connectivity index (χ2v) is 4.35. The molecule has 0 radical (unpaired) electrons. The Labute approximate surface area is 98.0 Å². The molecule has 1 aliphatic heterocycles. The summed E-state index contributed by atoms with van der Waals surface area (Å²) in [5.74, 6) is 1.52. The van der Waals surface area contributed by atoms with E-state index in [1.54, 1.807) is 6.26 Å². The van der Waals surface area contributed by atoms with Crippen molar-refractivity contribution in [3.63, 3.8) is 0 Å². The SMILES string of the molecule is NC1CCCn2c(-c3ccco3)nc(Cl)c21. The molecule has 5 heteroatoms. The molecule has 84 valence electrons. The van der Waals surface area contributed by atoms with Crippen molar-refractivity contribution >= 4 is 11.6 Å². The summed E-state index contributed by atoms with van der Waals surface area (Å²) in [5, 5.41) is 0.499. The molecule has 4 nitrogen and oxygen atoms in total. The number of furan rings is 1. The van der Waals surface area contributed by atoms with Crippen LogP contribution in [0.4, 0.5) is 0 Å². The zero-order valence-corrected chi connectivity index (χ0v) is 9.44. The lowest BCUT2D eigenvalue weighted by Gasteiger charge is -2.21. The first kappa shape index (κ1) is 9.93. The first-order valence-corrected chi connectivity index (χ1v) is 5.70. The van der Waals surface area contributed by atoms with Crippen LogP contribution in [0.15, 0.2) is 22.8 Å². The first-order valence-electron chi connectivity index (χ1n) is 5.33. The van der Waals surface area contributed by atoms with Crippen LogP contribution in [0.3, 0.4) is 0 Å². The smallest absolute Gasteiger partial charge is 0.177 e. The summed E-state index contributed by atoms with van der Waals surface area (Å²) in [6.45, 7) is 0.902. The maximum atomic E-state index is 6.12. The van der Waals surface area contributed by atoms with E-state index in [1.165, 1.54) is 0 Å². The van der Waals surface area contributed by atoms with Gasteiger partial charge in [0, 0.05) is 12.6 Å². The number of aromatic nitrogens is 2. The molecule has 0 saturated heterocycles. The van der Waals surface area contributed by atoms with E-state index in [0.717, 1.165) is 36.7 Å². The average molecular weight is 238 g/mol. The van der Waals surface area contributed by atoms with Crippen molar-refractivity contribution in [2.75, 3.05) is 0 Å². The summed E-state index contributed by atoms with van der Waals surface area (Å²) in [6, 6.07) is 3.71. The van der Waals surface area contributed by atoms with E-state index in [-0.39, 0.29) is 6.04 Å². The fourth-order valence-corrected chi connectivity index (χ4v) is 2.54. The average Bonchev–Trinajstić information content (AvgIpc) is 2.86. The van der Waals surface area contributed by atoms with E-state index >= 15 is 0 Å². The highest BCUT2D eigenvalue weighted by Crippen LogP contribution is 2.34. The highest BCUT2D eigenvalue weighted by Gasteiger charge is 2.26. The first-order chi connectivity index (χ1) is 7.77. The number of nitrogens with two attached hydrogens (primary N) is 1. The quantitative estimate of drug-likeness (QED) is 0.830. The Morgan fingerprint density at radius 1 is 1.56 bits per heavy atom. The molecule has 2 aromatic rings. The second kappa shape index (κ2) is 3.64. The molecular formula is C11H12ClN3O. The van der Waals surface area contributed by atoms with Crippen molar-refractivity contribution in [1.29, 1.82) is 0 Å². The molecule has 3 rings (SSSR count). The largest absolute Gasteiger partial charge is 0.461 e. The molecule has 1 atom stereocenters. The lowest BCUT2D eigenvalue weighted by Crippen LogP contribution is -2.21. The summed E-state index contributed by atoms with van der Waals surface area (Å²) in [5.41, 5.74) is 6.97. The minimum atomic E-state index is -0.0162. The van der Waals surface area contributed by atoms with Crippen LogP contribution in [0.25, 0.3) is 11.6 Å². The van der Waals surface area contributed by atoms with Crippen LogP contribution < -0.4 is 5.73 Å². The van der Waals surface area contributed by atoms with Gasteiger partial charge < -0.3 is 14.7 Å². The Hall–Kier alpha value is -1.26. The Balaban J connectivity index is 2.18. The van der Waals surface area contributed by atoms with Crippen molar-refractivity contribution in [2.45, 2.75) is 25.4 Å². The van der Waals surface area contributed by atoms with Gasteiger partial charge in [-0.25, -0.2) is 4.98 Å². The van der Waals surface area contributed by atoms with E-state index in [1.807, 2.05) is 12.1 Å². The minimum absolute atomic E-state index is 0.0162. The Morgan fingerprint density at radius 3 is 3.19 bits per heavy atom. The van der Waals surface area contributed by atoms with Gasteiger partial charge in [-0.15, -0.1) is 0 Å². The number of rotatable bonds is 1. The summed E-state index contributed by atoms with van der Waals surface area (Å²) >= 11 is 6.12. The lowest BCUT2D eigenvalue weighted by atomic mass is 10.1. The van der Waals surface area contributed by atoms with Crippen LogP contribution in [0.2, 0.25) is 5.15 Å². The Bertz CT molecular complexity index is 504. The van der Waals surface area contributed by atoms with Gasteiger partial charge in [0.15, 0.2) is 16.7 Å². The fraction of sp³-hybridized carbons (Fsp3) is 0.364. The lowest BCUT2D eigenvalue weighted by molar-refractivity contribution is 0.461. The van der Waals surface area contributed by atoms with Gasteiger partial charge in [-0.05, 0) is 25.0 Å². The van der Waals surface area contributed by atoms with Gasteiger partial charge in [-0.2, -0.15) is 0 Å². The number of imidazole rings is 1. The molecule has 0 aliphatic carbocycles. The highest BCUT2D eigenvalue weighted by atomic mass is 35.5. The van der Waals surface area contributed by atoms with Crippen molar-refractivity contribution in [3.05, 3.63) is 29.2 Å². The second-order valence-electron chi connectivity index (χ2n) is 3.99. The minimum Gasteiger partial charge on any atom is -0.461 e. The molecular weight excluding hydrogens is 226 g/mol. The molecule has 0 amide bonds. The van der Waals surface area contributed by atoms with Crippen LogP contribution in [0.5, 0.6) is 0 Å². The zero-order valence-electron chi connectivity index (χ0n) is 8.69. The van der Waals surface area contributed by atoms with Crippen molar-refractivity contribution in [3.8, 4) is 11.6 Å². The monoisotopic (exact) mass is 237 g/mol. The third-order valence-corrected chi connectivity index (χ3v) is 3.23. The van der Waals surface area contributed by atoms with Gasteiger partial charge in [0.05, 0.1) is 12.0 Å². The number of hydrogen-bond donors (Lipinski definition) is 1. The number of halogens is 1. The maximum absolute atomic E-state index is 6.12. The van der Waals surface area contributed by atoms with Crippen LogP contribution in [-0.2, 0) is 6.54 Å². The van der Waals surface area contributed by atoms with Crippen LogP contribution >= 0.6 is 11.6 Å². The standard InChI is InChI=1S/C11H12ClN3O/c12-10-9-7(13)3-1-5-15(9)11(14-10)8-4-2-6-16-8/h2,4,6-7H,1,3,5,13H2. The zero-order chi connectivity index (χ0) is 11.1. The van der Waals surface area contributed by atoms with E-state index in [4.69, 9.17) is 21.8 Å². The van der Waals surface area contributed by atoms with Gasteiger partial charge in [0.25, 0.3) is 0 Å². The van der Waals surface area contributed by atoms with Crippen molar-refractivity contribution < 1.29 is 4.42 Å². The van der Waals surface area contributed by atoms with Crippen LogP contribution in [0.1, 0.15) is 24.6 Å². The van der Waals surface area contributed by atoms with Crippen molar-refractivity contribution in [1.82, 2.24) is 9.55 Å². The van der Waals surface area contributed by atoms with Gasteiger partial charge in [0.2, 0.25) is 0 Å². The fourth-order valence-electron chi connectivity index (χ4n) is 2.22. The summed E-state index contributed by atoms with van der Waals surface area (Å²) < 4.78 is 7.42. The van der Waals surface area contributed by atoms with Crippen LogP contribution in [-0.4, -0.2) is 9.55 Å². The van der Waals surface area contributed by atoms with Crippen LogP contribution in [0, 0.1) is 0 Å². The Morgan fingerprint density at radius 2 is 2.44 bits per heavy atom. The molecule has 0 spiro atoms. The molecule has 2 N–H and O–H groups in total. The highest BCUT2D eigenvalue weighted by molar-refractivity contribution is 6.30. The normalized spacial score (nSPS) is 19.8. The molecule has 3 heterocycles. The molecule has 2 aromatic heterocycles. The third-order valence-electron chi connectivity index (χ3n) is 2.95. The van der Waals surface area contributed by atoms with E-state index in [2.05, 4.69) is 9.55 Å². The molecule has 16 heavy (non-hydrogen) atoms. The number of nitrogens with zero attached hydrogens (tertiary/aromatic N) is 2. The molecule has 0 fully saturated rings. The van der Waals surface area contributed by atoms with Gasteiger partial charge >= 0.3 is 0 Å². The summed E-state index contributed by atoms with van der Waals surface area (Å²) in [6.07, 6.45) is 3.64. The number of fused-ring (bicyclic) bond motifs is 1. The topological polar surface area (TPSA) is 57.0 Å². The Kier molecular flexibility index (Phi) is 2.26. The third kappa shape index (κ3) is 1.37. The van der Waals surface area contributed by atoms with E-state index in [9.17, 15) is 0 Å². The summed E-state index contributed by atoms with van der Waals surface area (Å²) in [7, 11) is 0. The van der Waals surface area contributed by atoms with Crippen molar-refractivity contribution in [2.24, 2.45) is 5.73 Å².